The van der Waals surface area contributed by atoms with Crippen molar-refractivity contribution in [3.8, 4) is 0 Å². The maximum Gasteiger partial charge on any atom is 0.299 e. The van der Waals surface area contributed by atoms with Crippen LogP contribution in [0.5, 0.6) is 0 Å². The van der Waals surface area contributed by atoms with Gasteiger partial charge in [-0.05, 0) is 11.1 Å². The summed E-state index contributed by atoms with van der Waals surface area (Å²) in [6.45, 7) is 3.03. The lowest BCUT2D eigenvalue weighted by Crippen LogP contribution is -2.14. The molecule has 8 heteroatoms. The minimum absolute atomic E-state index is 0.0228. The van der Waals surface area contributed by atoms with Gasteiger partial charge in [-0.25, -0.2) is 0 Å². The lowest BCUT2D eigenvalue weighted by atomic mass is 10.1. The molecule has 0 spiro atoms. The molecule has 0 aliphatic rings. The Hall–Kier alpha value is -2.26. The highest BCUT2D eigenvalue weighted by molar-refractivity contribution is 8.01. The van der Waals surface area contributed by atoms with Gasteiger partial charge in [0.1, 0.15) is 9.81 Å². The standard InChI is InChI=1S/C17H16O6S2/c1-2-13-23-25(21,22)17(15-11-7-4-8-12-15)16(24(18,19)20)14-9-5-3-6-10-14/h2-12H,1,13H2,(H,18,19,20). The molecule has 0 saturated heterocycles. The van der Waals surface area contributed by atoms with Gasteiger partial charge >= 0.3 is 0 Å². The van der Waals surface area contributed by atoms with E-state index in [1.54, 1.807) is 24.3 Å². The Morgan fingerprint density at radius 1 is 0.880 bits per heavy atom. The van der Waals surface area contributed by atoms with Gasteiger partial charge in [-0.3, -0.25) is 8.74 Å². The van der Waals surface area contributed by atoms with Gasteiger partial charge < -0.3 is 0 Å². The second-order valence-electron chi connectivity index (χ2n) is 4.89. The van der Waals surface area contributed by atoms with Crippen LogP contribution in [0, 0.1) is 0 Å². The first-order chi connectivity index (χ1) is 11.8. The van der Waals surface area contributed by atoms with Crippen molar-refractivity contribution in [2.75, 3.05) is 6.61 Å². The Kier molecular flexibility index (Phi) is 5.91. The van der Waals surface area contributed by atoms with Crippen LogP contribution in [0.1, 0.15) is 11.1 Å². The first-order valence-electron chi connectivity index (χ1n) is 7.10. The van der Waals surface area contributed by atoms with Gasteiger partial charge in [-0.2, -0.15) is 16.8 Å². The van der Waals surface area contributed by atoms with E-state index in [0.717, 1.165) is 0 Å². The average molecular weight is 380 g/mol. The summed E-state index contributed by atoms with van der Waals surface area (Å²) in [6.07, 6.45) is 1.22. The summed E-state index contributed by atoms with van der Waals surface area (Å²) in [5, 5.41) is 0. The predicted molar refractivity (Wildman–Crippen MR) is 96.3 cm³/mol. The molecule has 6 nitrogen and oxygen atoms in total. The van der Waals surface area contributed by atoms with Gasteiger partial charge in [-0.15, -0.1) is 6.58 Å². The quantitative estimate of drug-likeness (QED) is 0.343. The van der Waals surface area contributed by atoms with Gasteiger partial charge in [0.05, 0.1) is 6.61 Å². The molecule has 0 atom stereocenters. The van der Waals surface area contributed by atoms with Crippen LogP contribution in [0.15, 0.2) is 73.3 Å². The molecule has 1 N–H and O–H groups in total. The highest BCUT2D eigenvalue weighted by Crippen LogP contribution is 2.35. The Morgan fingerprint density at radius 3 is 1.72 bits per heavy atom. The van der Waals surface area contributed by atoms with Crippen LogP contribution in [-0.4, -0.2) is 28.0 Å². The van der Waals surface area contributed by atoms with E-state index >= 15 is 0 Å². The van der Waals surface area contributed by atoms with Crippen molar-refractivity contribution < 1.29 is 25.6 Å². The molecule has 132 valence electrons. The molecule has 0 aromatic heterocycles. The minimum Gasteiger partial charge on any atom is -0.282 e. The molecule has 0 heterocycles. The van der Waals surface area contributed by atoms with E-state index in [9.17, 15) is 21.4 Å². The van der Waals surface area contributed by atoms with Gasteiger partial charge in [0.25, 0.3) is 20.2 Å². The lowest BCUT2D eigenvalue weighted by Gasteiger charge is -2.14. The van der Waals surface area contributed by atoms with Crippen LogP contribution in [-0.2, 0) is 24.4 Å². The molecule has 2 aromatic rings. The number of benzene rings is 2. The van der Waals surface area contributed by atoms with Crippen molar-refractivity contribution in [3.63, 3.8) is 0 Å². The van der Waals surface area contributed by atoms with Crippen LogP contribution >= 0.6 is 0 Å². The average Bonchev–Trinajstić information content (AvgIpc) is 2.58. The number of hydrogen-bond donors (Lipinski definition) is 1. The van der Waals surface area contributed by atoms with E-state index in [-0.39, 0.29) is 17.7 Å². The molecule has 0 fully saturated rings. The molecule has 0 aliphatic carbocycles. The molecule has 0 amide bonds. The van der Waals surface area contributed by atoms with E-state index in [4.69, 9.17) is 4.18 Å². The third-order valence-electron chi connectivity index (χ3n) is 3.13. The summed E-state index contributed by atoms with van der Waals surface area (Å²) in [6, 6.07) is 15.0. The summed E-state index contributed by atoms with van der Waals surface area (Å²) in [5.74, 6) is 0. The molecule has 2 rings (SSSR count). The van der Waals surface area contributed by atoms with Crippen molar-refractivity contribution in [2.24, 2.45) is 0 Å². The summed E-state index contributed by atoms with van der Waals surface area (Å²) >= 11 is 0. The zero-order valence-corrected chi connectivity index (χ0v) is 14.7. The monoisotopic (exact) mass is 380 g/mol. The lowest BCUT2D eigenvalue weighted by molar-refractivity contribution is 0.366. The van der Waals surface area contributed by atoms with Gasteiger partial charge in [0.15, 0.2) is 0 Å². The molecule has 0 bridgehead atoms. The first-order valence-corrected chi connectivity index (χ1v) is 9.95. The second kappa shape index (κ2) is 7.75. The fourth-order valence-corrected chi connectivity index (χ4v) is 4.73. The van der Waals surface area contributed by atoms with Crippen molar-refractivity contribution >= 4 is 30.0 Å². The Balaban J connectivity index is 2.92. The minimum atomic E-state index is -4.88. The highest BCUT2D eigenvalue weighted by atomic mass is 32.2. The summed E-state index contributed by atoms with van der Waals surface area (Å²) in [4.78, 5) is -1.38. The Morgan fingerprint density at radius 2 is 1.32 bits per heavy atom. The van der Waals surface area contributed by atoms with Crippen LogP contribution in [0.3, 0.4) is 0 Å². The number of hydrogen-bond acceptors (Lipinski definition) is 5. The largest absolute Gasteiger partial charge is 0.299 e. The number of rotatable bonds is 7. The van der Waals surface area contributed by atoms with Crippen LogP contribution < -0.4 is 0 Å². The summed E-state index contributed by atoms with van der Waals surface area (Å²) in [7, 11) is -9.38. The summed E-state index contributed by atoms with van der Waals surface area (Å²) in [5.41, 5.74) is 0.0951. The molecule has 0 saturated carbocycles. The normalized spacial score (nSPS) is 13.2. The van der Waals surface area contributed by atoms with E-state index in [0.29, 0.717) is 0 Å². The van der Waals surface area contributed by atoms with E-state index in [1.165, 1.54) is 42.5 Å². The fraction of sp³-hybridized carbons (Fsp3) is 0.0588. The van der Waals surface area contributed by atoms with E-state index in [1.807, 2.05) is 0 Å². The van der Waals surface area contributed by atoms with Gasteiger partial charge in [-0.1, -0.05) is 66.7 Å². The van der Waals surface area contributed by atoms with Crippen molar-refractivity contribution in [3.05, 3.63) is 84.4 Å². The molecular formula is C17H16O6S2. The zero-order valence-electron chi connectivity index (χ0n) is 13.1. The first kappa shape index (κ1) is 19.1. The van der Waals surface area contributed by atoms with E-state index < -0.39 is 30.0 Å². The predicted octanol–water partition coefficient (Wildman–Crippen LogP) is 2.93. The van der Waals surface area contributed by atoms with Crippen molar-refractivity contribution in [1.29, 1.82) is 0 Å². The maximum atomic E-state index is 12.6. The second-order valence-corrected chi connectivity index (χ2v) is 7.80. The maximum absolute atomic E-state index is 12.6. The molecule has 25 heavy (non-hydrogen) atoms. The topological polar surface area (TPSA) is 97.7 Å². The van der Waals surface area contributed by atoms with Crippen molar-refractivity contribution in [2.45, 2.75) is 0 Å². The third kappa shape index (κ3) is 4.64. The molecule has 0 radical (unpaired) electrons. The van der Waals surface area contributed by atoms with Gasteiger partial charge in [0.2, 0.25) is 0 Å². The molecule has 0 aliphatic heterocycles. The van der Waals surface area contributed by atoms with E-state index in [2.05, 4.69) is 6.58 Å². The van der Waals surface area contributed by atoms with Crippen LogP contribution in [0.2, 0.25) is 0 Å². The summed E-state index contributed by atoms with van der Waals surface area (Å²) < 4.78 is 63.9. The Labute approximate surface area is 147 Å². The van der Waals surface area contributed by atoms with Crippen molar-refractivity contribution in [1.82, 2.24) is 0 Å². The highest BCUT2D eigenvalue weighted by Gasteiger charge is 2.32. The van der Waals surface area contributed by atoms with Crippen LogP contribution in [0.4, 0.5) is 0 Å². The van der Waals surface area contributed by atoms with Crippen LogP contribution in [0.25, 0.3) is 9.81 Å². The van der Waals surface area contributed by atoms with Gasteiger partial charge in [0, 0.05) is 0 Å². The molecule has 2 aromatic carbocycles. The zero-order chi connectivity index (χ0) is 18.5. The molecule has 0 unspecified atom stereocenters. The fourth-order valence-electron chi connectivity index (χ4n) is 2.16. The third-order valence-corrected chi connectivity index (χ3v) is 5.60. The molecular weight excluding hydrogens is 364 g/mol. The SMILES string of the molecule is C=CCOS(=O)(=O)C(=C(c1ccccc1)S(=O)(=O)O)c1ccccc1. The smallest absolute Gasteiger partial charge is 0.282 e. The Bertz CT molecular complexity index is 976.